The van der Waals surface area contributed by atoms with Crippen LogP contribution in [0, 0.1) is 0 Å². The molecule has 0 aromatic heterocycles. The molecule has 6 heteroatoms. The second-order valence-electron chi connectivity index (χ2n) is 4.03. The Hall–Kier alpha value is -0.950. The van der Waals surface area contributed by atoms with Gasteiger partial charge in [-0.3, -0.25) is 0 Å². The highest BCUT2D eigenvalue weighted by atomic mass is 32.2. The van der Waals surface area contributed by atoms with Crippen molar-refractivity contribution in [1.29, 1.82) is 0 Å². The average molecular weight is 257 g/mol. The maximum atomic E-state index is 11.0. The molecule has 0 saturated heterocycles. The summed E-state index contributed by atoms with van der Waals surface area (Å²) in [5, 5.41) is 8.27. The van der Waals surface area contributed by atoms with Gasteiger partial charge in [-0.2, -0.15) is 0 Å². The zero-order chi connectivity index (χ0) is 12.9. The van der Waals surface area contributed by atoms with Gasteiger partial charge >= 0.3 is 0 Å². The maximum Gasteiger partial charge on any atom is 0.238 e. The van der Waals surface area contributed by atoms with E-state index in [1.165, 1.54) is 12.1 Å². The van der Waals surface area contributed by atoms with E-state index in [-0.39, 0.29) is 4.90 Å². The van der Waals surface area contributed by atoms with E-state index in [1.54, 1.807) is 12.1 Å². The number of hydrogen-bond acceptors (Lipinski definition) is 4. The van der Waals surface area contributed by atoms with Gasteiger partial charge in [0.2, 0.25) is 10.0 Å². The summed E-state index contributed by atoms with van der Waals surface area (Å²) in [5.41, 5.74) is 6.54. The van der Waals surface area contributed by atoms with Crippen molar-refractivity contribution in [2.24, 2.45) is 10.9 Å². The van der Waals surface area contributed by atoms with E-state index in [0.717, 1.165) is 18.5 Å². The molecule has 0 spiro atoms. The Labute approximate surface area is 102 Å². The summed E-state index contributed by atoms with van der Waals surface area (Å²) in [6, 6.07) is 6.88. The monoisotopic (exact) mass is 257 g/mol. The van der Waals surface area contributed by atoms with Crippen molar-refractivity contribution < 1.29 is 8.42 Å². The van der Waals surface area contributed by atoms with Crippen LogP contribution in [0.5, 0.6) is 0 Å². The number of nitrogens with one attached hydrogen (secondary N) is 1. The largest absolute Gasteiger partial charge is 0.329 e. The van der Waals surface area contributed by atoms with Crippen LogP contribution in [-0.2, 0) is 16.4 Å². The lowest BCUT2D eigenvalue weighted by Crippen LogP contribution is -2.34. The third-order valence-corrected chi connectivity index (χ3v) is 3.44. The van der Waals surface area contributed by atoms with Crippen LogP contribution >= 0.6 is 0 Å². The van der Waals surface area contributed by atoms with Crippen molar-refractivity contribution in [2.75, 3.05) is 13.1 Å². The Morgan fingerprint density at radius 3 is 2.35 bits per heavy atom. The molecule has 0 amide bonds. The fourth-order valence-electron chi connectivity index (χ4n) is 1.39. The normalized spacial score (nSPS) is 13.6. The molecule has 0 aliphatic carbocycles. The average Bonchev–Trinajstić information content (AvgIpc) is 2.28. The van der Waals surface area contributed by atoms with Crippen molar-refractivity contribution in [3.8, 4) is 0 Å². The summed E-state index contributed by atoms with van der Waals surface area (Å²) in [7, 11) is -3.59. The molecule has 0 aliphatic heterocycles. The van der Waals surface area contributed by atoms with Gasteiger partial charge in [-0.25, -0.2) is 13.6 Å². The van der Waals surface area contributed by atoms with Crippen LogP contribution in [0.4, 0.5) is 0 Å². The molecule has 1 aromatic carbocycles. The molecule has 0 saturated carbocycles. The second kappa shape index (κ2) is 6.11. The molecule has 0 heterocycles. The van der Waals surface area contributed by atoms with E-state index in [2.05, 4.69) is 5.32 Å². The molecule has 0 fully saturated rings. The van der Waals surface area contributed by atoms with Gasteiger partial charge in [0, 0.05) is 12.6 Å². The number of primary sulfonamides is 1. The predicted octanol–water partition coefficient (Wildman–Crippen LogP) is -0.187. The van der Waals surface area contributed by atoms with Crippen molar-refractivity contribution in [3.05, 3.63) is 29.8 Å². The quantitative estimate of drug-likeness (QED) is 0.658. The molecule has 96 valence electrons. The molecule has 1 rings (SSSR count). The summed E-state index contributed by atoms with van der Waals surface area (Å²) < 4.78 is 22.1. The first-order valence-electron chi connectivity index (χ1n) is 5.48. The van der Waals surface area contributed by atoms with E-state index < -0.39 is 10.0 Å². The van der Waals surface area contributed by atoms with Crippen LogP contribution in [-0.4, -0.2) is 27.5 Å². The van der Waals surface area contributed by atoms with Crippen LogP contribution in [0.2, 0.25) is 0 Å². The molecule has 1 unspecified atom stereocenters. The number of rotatable bonds is 6. The van der Waals surface area contributed by atoms with Crippen LogP contribution in [0.25, 0.3) is 0 Å². The first-order chi connectivity index (χ1) is 7.93. The molecule has 0 radical (unpaired) electrons. The third kappa shape index (κ3) is 4.82. The lowest BCUT2D eigenvalue weighted by atomic mass is 10.1. The SMILES string of the molecule is CC(CN)NCCc1ccc(S(N)(=O)=O)cc1. The molecule has 5 N–H and O–H groups in total. The van der Waals surface area contributed by atoms with Crippen LogP contribution in [0.3, 0.4) is 0 Å². The summed E-state index contributed by atoms with van der Waals surface area (Å²) >= 11 is 0. The van der Waals surface area contributed by atoms with Gasteiger partial charge in [-0.15, -0.1) is 0 Å². The van der Waals surface area contributed by atoms with Crippen LogP contribution in [0.1, 0.15) is 12.5 Å². The van der Waals surface area contributed by atoms with Gasteiger partial charge in [0.1, 0.15) is 0 Å². The standard InChI is InChI=1S/C11H19N3O2S/c1-9(8-12)14-7-6-10-2-4-11(5-3-10)17(13,15)16/h2-5,9,14H,6-8,12H2,1H3,(H2,13,15,16). The number of hydrogen-bond donors (Lipinski definition) is 3. The molecule has 17 heavy (non-hydrogen) atoms. The molecule has 1 atom stereocenters. The minimum atomic E-state index is -3.59. The van der Waals surface area contributed by atoms with Gasteiger partial charge in [-0.05, 0) is 37.6 Å². The van der Waals surface area contributed by atoms with Crippen molar-refractivity contribution >= 4 is 10.0 Å². The zero-order valence-electron chi connectivity index (χ0n) is 9.89. The van der Waals surface area contributed by atoms with E-state index in [4.69, 9.17) is 10.9 Å². The fraction of sp³-hybridized carbons (Fsp3) is 0.455. The van der Waals surface area contributed by atoms with Crippen molar-refractivity contribution in [2.45, 2.75) is 24.3 Å². The second-order valence-corrected chi connectivity index (χ2v) is 5.59. The molecule has 0 aliphatic rings. The minimum Gasteiger partial charge on any atom is -0.329 e. The fourth-order valence-corrected chi connectivity index (χ4v) is 1.91. The number of nitrogens with two attached hydrogens (primary N) is 2. The smallest absolute Gasteiger partial charge is 0.238 e. The lowest BCUT2D eigenvalue weighted by Gasteiger charge is -2.10. The molecule has 1 aromatic rings. The lowest BCUT2D eigenvalue weighted by molar-refractivity contribution is 0.559. The van der Waals surface area contributed by atoms with E-state index in [9.17, 15) is 8.42 Å². The molecular weight excluding hydrogens is 238 g/mol. The summed E-state index contributed by atoms with van der Waals surface area (Å²) in [6.07, 6.45) is 0.829. The first-order valence-corrected chi connectivity index (χ1v) is 7.03. The van der Waals surface area contributed by atoms with Crippen LogP contribution < -0.4 is 16.2 Å². The number of sulfonamides is 1. The molecule has 5 nitrogen and oxygen atoms in total. The maximum absolute atomic E-state index is 11.0. The minimum absolute atomic E-state index is 0.143. The van der Waals surface area contributed by atoms with E-state index in [0.29, 0.717) is 12.6 Å². The van der Waals surface area contributed by atoms with E-state index >= 15 is 0 Å². The molecule has 0 bridgehead atoms. The highest BCUT2D eigenvalue weighted by Gasteiger charge is 2.06. The summed E-state index contributed by atoms with van der Waals surface area (Å²) in [6.45, 7) is 3.43. The van der Waals surface area contributed by atoms with Crippen molar-refractivity contribution in [3.63, 3.8) is 0 Å². The van der Waals surface area contributed by atoms with Crippen molar-refractivity contribution in [1.82, 2.24) is 5.32 Å². The van der Waals surface area contributed by atoms with E-state index in [1.807, 2.05) is 6.92 Å². The Morgan fingerprint density at radius 2 is 1.88 bits per heavy atom. The van der Waals surface area contributed by atoms with Crippen LogP contribution in [0.15, 0.2) is 29.2 Å². The Balaban J connectivity index is 2.52. The van der Waals surface area contributed by atoms with Gasteiger partial charge in [-0.1, -0.05) is 12.1 Å². The Kier molecular flexibility index (Phi) is 5.07. The third-order valence-electron chi connectivity index (χ3n) is 2.51. The topological polar surface area (TPSA) is 98.2 Å². The number of benzene rings is 1. The van der Waals surface area contributed by atoms with Gasteiger partial charge in [0.05, 0.1) is 4.90 Å². The zero-order valence-corrected chi connectivity index (χ0v) is 10.7. The molecular formula is C11H19N3O2S. The highest BCUT2D eigenvalue weighted by molar-refractivity contribution is 7.89. The predicted molar refractivity (Wildman–Crippen MR) is 68.0 cm³/mol. The Morgan fingerprint density at radius 1 is 1.29 bits per heavy atom. The highest BCUT2D eigenvalue weighted by Crippen LogP contribution is 2.08. The Bertz CT molecular complexity index is 442. The summed E-state index contributed by atoms with van der Waals surface area (Å²) in [5.74, 6) is 0. The van der Waals surface area contributed by atoms with Gasteiger partial charge < -0.3 is 11.1 Å². The van der Waals surface area contributed by atoms with Gasteiger partial charge in [0.15, 0.2) is 0 Å². The van der Waals surface area contributed by atoms with Gasteiger partial charge in [0.25, 0.3) is 0 Å². The summed E-state index contributed by atoms with van der Waals surface area (Å²) in [4.78, 5) is 0.143. The first kappa shape index (κ1) is 14.1.